The lowest BCUT2D eigenvalue weighted by atomic mass is 10.5. The maximum absolute atomic E-state index is 11.4. The van der Waals surface area contributed by atoms with Crippen LogP contribution >= 0.6 is 0 Å². The molecular weight excluding hydrogens is 186 g/mol. The van der Waals surface area contributed by atoms with E-state index < -0.39 is 5.97 Å². The number of nitrogens with one attached hydrogen (secondary N) is 1. The van der Waals surface area contributed by atoms with Crippen molar-refractivity contribution in [2.75, 3.05) is 19.0 Å². The summed E-state index contributed by atoms with van der Waals surface area (Å²) in [7, 11) is 2.88. The molecule has 14 heavy (non-hydrogen) atoms. The maximum Gasteiger partial charge on any atom is 0.325 e. The minimum absolute atomic E-state index is 0.0667. The number of aromatic nitrogens is 2. The molecule has 0 saturated heterocycles. The van der Waals surface area contributed by atoms with Crippen molar-refractivity contribution in [1.82, 2.24) is 9.55 Å². The van der Waals surface area contributed by atoms with Crippen molar-refractivity contribution in [3.63, 3.8) is 0 Å². The maximum atomic E-state index is 11.4. The van der Waals surface area contributed by atoms with Crippen molar-refractivity contribution in [2.24, 2.45) is 7.05 Å². The number of hydrogen-bond donors (Lipinski definition) is 1. The molecule has 1 aromatic heterocycles. The second-order valence-corrected chi connectivity index (χ2v) is 2.62. The summed E-state index contributed by atoms with van der Waals surface area (Å²) in [6, 6.07) is 0. The van der Waals surface area contributed by atoms with Crippen LogP contribution in [0.5, 0.6) is 0 Å². The van der Waals surface area contributed by atoms with Crippen LogP contribution in [0.1, 0.15) is 0 Å². The molecule has 1 aromatic rings. The van der Waals surface area contributed by atoms with Gasteiger partial charge in [0.05, 0.1) is 7.11 Å². The third kappa shape index (κ3) is 2.32. The molecule has 0 amide bonds. The Kier molecular flexibility index (Phi) is 3.22. The smallest absolute Gasteiger partial charge is 0.325 e. The number of esters is 1. The minimum atomic E-state index is -0.447. The lowest BCUT2D eigenvalue weighted by Gasteiger charge is -2.03. The number of rotatable bonds is 3. The quantitative estimate of drug-likeness (QED) is 0.653. The highest BCUT2D eigenvalue weighted by Crippen LogP contribution is 1.90. The van der Waals surface area contributed by atoms with E-state index in [0.29, 0.717) is 0 Å². The van der Waals surface area contributed by atoms with Crippen molar-refractivity contribution in [2.45, 2.75) is 0 Å². The fourth-order valence-corrected chi connectivity index (χ4v) is 0.847. The van der Waals surface area contributed by atoms with Gasteiger partial charge in [0.1, 0.15) is 6.54 Å². The normalized spacial score (nSPS) is 9.57. The number of anilines is 1. The van der Waals surface area contributed by atoms with Gasteiger partial charge < -0.3 is 14.6 Å². The molecule has 1 heterocycles. The van der Waals surface area contributed by atoms with Crippen molar-refractivity contribution >= 4 is 11.8 Å². The zero-order chi connectivity index (χ0) is 10.6. The number of hydrogen-bond acceptors (Lipinski definition) is 5. The number of carbonyl (C=O) groups is 1. The van der Waals surface area contributed by atoms with Gasteiger partial charge in [-0.15, -0.1) is 0 Å². The molecule has 0 aliphatic heterocycles. The predicted molar refractivity (Wildman–Crippen MR) is 50.0 cm³/mol. The highest BCUT2D eigenvalue weighted by molar-refractivity contribution is 5.74. The first-order chi connectivity index (χ1) is 6.65. The minimum Gasteiger partial charge on any atom is -0.468 e. The van der Waals surface area contributed by atoms with E-state index in [9.17, 15) is 9.59 Å². The zero-order valence-electron chi connectivity index (χ0n) is 7.98. The Labute approximate surface area is 80.5 Å². The van der Waals surface area contributed by atoms with E-state index in [0.717, 1.165) is 0 Å². The molecule has 1 N–H and O–H groups in total. The van der Waals surface area contributed by atoms with Crippen LogP contribution in [0, 0.1) is 0 Å². The lowest BCUT2D eigenvalue weighted by Crippen LogP contribution is -2.25. The van der Waals surface area contributed by atoms with Crippen LogP contribution in [-0.2, 0) is 16.6 Å². The largest absolute Gasteiger partial charge is 0.468 e. The molecule has 0 atom stereocenters. The van der Waals surface area contributed by atoms with Crippen molar-refractivity contribution < 1.29 is 9.53 Å². The molecule has 6 heteroatoms. The van der Waals surface area contributed by atoms with Gasteiger partial charge >= 0.3 is 5.97 Å². The second-order valence-electron chi connectivity index (χ2n) is 2.62. The predicted octanol–water partition coefficient (Wildman–Crippen LogP) is -0.635. The summed E-state index contributed by atoms with van der Waals surface area (Å²) in [6.07, 6.45) is 3.01. The second kappa shape index (κ2) is 4.40. The van der Waals surface area contributed by atoms with E-state index in [1.165, 1.54) is 24.1 Å². The highest BCUT2D eigenvalue weighted by Gasteiger charge is 2.04. The van der Waals surface area contributed by atoms with Crippen LogP contribution < -0.4 is 10.9 Å². The van der Waals surface area contributed by atoms with Crippen LogP contribution in [-0.4, -0.2) is 29.2 Å². The molecule has 1 rings (SSSR count). The van der Waals surface area contributed by atoms with Crippen molar-refractivity contribution in [1.29, 1.82) is 0 Å². The van der Waals surface area contributed by atoms with E-state index in [1.54, 1.807) is 7.05 Å². The van der Waals surface area contributed by atoms with Crippen LogP contribution in [0.25, 0.3) is 0 Å². The summed E-state index contributed by atoms with van der Waals surface area (Å²) in [5, 5.41) is 2.59. The lowest BCUT2D eigenvalue weighted by molar-refractivity contribution is -0.138. The molecule has 0 aliphatic carbocycles. The molecular formula is C8H11N3O3. The van der Waals surface area contributed by atoms with Gasteiger partial charge in [-0.3, -0.25) is 9.59 Å². The van der Waals surface area contributed by atoms with Gasteiger partial charge in [-0.1, -0.05) is 0 Å². The average Bonchev–Trinajstić information content (AvgIpc) is 2.20. The monoisotopic (exact) mass is 197 g/mol. The number of aryl methyl sites for hydroxylation is 1. The number of carbonyl (C=O) groups excluding carboxylic acids is 1. The van der Waals surface area contributed by atoms with E-state index >= 15 is 0 Å². The standard InChI is InChI=1S/C8H11N3O3/c1-11-4-3-9-7(8(11)13)10-5-6(12)14-2/h3-4H,5H2,1-2H3,(H,9,10). The summed E-state index contributed by atoms with van der Waals surface area (Å²) < 4.78 is 5.77. The zero-order valence-corrected chi connectivity index (χ0v) is 7.98. The Balaban J connectivity index is 2.73. The first kappa shape index (κ1) is 10.2. The summed E-state index contributed by atoms with van der Waals surface area (Å²) in [5.74, 6) is -0.307. The Bertz CT molecular complexity index is 386. The van der Waals surface area contributed by atoms with Gasteiger partial charge in [0, 0.05) is 19.4 Å². The van der Waals surface area contributed by atoms with E-state index in [1.807, 2.05) is 0 Å². The molecule has 6 nitrogen and oxygen atoms in total. The van der Waals surface area contributed by atoms with Gasteiger partial charge in [0.15, 0.2) is 5.82 Å². The molecule has 0 unspecified atom stereocenters. The fourth-order valence-electron chi connectivity index (χ4n) is 0.847. The topological polar surface area (TPSA) is 73.2 Å². The Morgan fingerprint density at radius 3 is 3.07 bits per heavy atom. The molecule has 0 spiro atoms. The fraction of sp³-hybridized carbons (Fsp3) is 0.375. The van der Waals surface area contributed by atoms with Crippen molar-refractivity contribution in [3.8, 4) is 0 Å². The number of nitrogens with zero attached hydrogens (tertiary/aromatic N) is 2. The van der Waals surface area contributed by atoms with Gasteiger partial charge in [-0.05, 0) is 0 Å². The van der Waals surface area contributed by atoms with Gasteiger partial charge in [0.2, 0.25) is 0 Å². The Hall–Kier alpha value is -1.85. The summed E-state index contributed by atoms with van der Waals surface area (Å²) >= 11 is 0. The number of ether oxygens (including phenoxy) is 1. The van der Waals surface area contributed by atoms with E-state index in [4.69, 9.17) is 0 Å². The van der Waals surface area contributed by atoms with Crippen molar-refractivity contribution in [3.05, 3.63) is 22.7 Å². The van der Waals surface area contributed by atoms with Gasteiger partial charge in [-0.2, -0.15) is 0 Å². The van der Waals surface area contributed by atoms with Gasteiger partial charge in [0.25, 0.3) is 5.56 Å². The third-order valence-electron chi connectivity index (χ3n) is 1.64. The summed E-state index contributed by atoms with van der Waals surface area (Å²) in [4.78, 5) is 25.9. The van der Waals surface area contributed by atoms with Crippen LogP contribution in [0.3, 0.4) is 0 Å². The third-order valence-corrected chi connectivity index (χ3v) is 1.64. The molecule has 0 saturated carbocycles. The molecule has 0 aliphatic rings. The van der Waals surface area contributed by atoms with Crippen LogP contribution in [0.4, 0.5) is 5.82 Å². The highest BCUT2D eigenvalue weighted by atomic mass is 16.5. The Morgan fingerprint density at radius 1 is 1.71 bits per heavy atom. The summed E-state index contributed by atoms with van der Waals surface area (Å²) in [5.41, 5.74) is -0.281. The van der Waals surface area contributed by atoms with Crippen LogP contribution in [0.15, 0.2) is 17.2 Å². The summed E-state index contributed by atoms with van der Waals surface area (Å²) in [6.45, 7) is -0.0667. The average molecular weight is 197 g/mol. The molecule has 76 valence electrons. The van der Waals surface area contributed by atoms with Crippen LogP contribution in [0.2, 0.25) is 0 Å². The molecule has 0 fully saturated rings. The van der Waals surface area contributed by atoms with E-state index in [-0.39, 0.29) is 17.9 Å². The molecule has 0 bridgehead atoms. The number of methoxy groups -OCH3 is 1. The van der Waals surface area contributed by atoms with E-state index in [2.05, 4.69) is 15.0 Å². The SMILES string of the molecule is COC(=O)CNc1nccn(C)c1=O. The Morgan fingerprint density at radius 2 is 2.43 bits per heavy atom. The first-order valence-electron chi connectivity index (χ1n) is 3.97. The first-order valence-corrected chi connectivity index (χ1v) is 3.97. The van der Waals surface area contributed by atoms with Gasteiger partial charge in [-0.25, -0.2) is 4.98 Å². The molecule has 0 radical (unpaired) electrons. The molecule has 0 aromatic carbocycles.